The van der Waals surface area contributed by atoms with Crippen LogP contribution in [-0.4, -0.2) is 26.5 Å². The number of aromatic nitrogens is 4. The van der Waals surface area contributed by atoms with Gasteiger partial charge in [0.15, 0.2) is 5.76 Å². The Morgan fingerprint density at radius 3 is 1.15 bits per heavy atom. The second kappa shape index (κ2) is 22.4. The van der Waals surface area contributed by atoms with E-state index in [4.69, 9.17) is 42.6 Å². The maximum absolute atomic E-state index is 13.1. The van der Waals surface area contributed by atoms with Gasteiger partial charge in [-0.05, 0) is 38.1 Å². The van der Waals surface area contributed by atoms with Crippen molar-refractivity contribution in [1.29, 1.82) is 15.8 Å². The van der Waals surface area contributed by atoms with Crippen molar-refractivity contribution >= 4 is 45.2 Å². The topological polar surface area (TPSA) is 189 Å². The monoisotopic (exact) mass is 1190 g/mol. The largest absolute Gasteiger partial charge is 0.553 e. The summed E-state index contributed by atoms with van der Waals surface area (Å²) in [5, 5.41) is 26.3. The fourth-order valence-corrected chi connectivity index (χ4v) is 7.19. The molecule has 352 valence electrons. The highest BCUT2D eigenvalue weighted by molar-refractivity contribution is 14.1. The number of halogens is 8. The third-order valence-corrected chi connectivity index (χ3v) is 10.6. The lowest BCUT2D eigenvalue weighted by Crippen LogP contribution is -2.04. The average molecular weight is 1190 g/mol. The molecule has 0 aliphatic heterocycles. The molecule has 71 heavy (non-hydrogen) atoms. The fourth-order valence-electron chi connectivity index (χ4n) is 6.26. The number of aryl methyl sites for hydroxylation is 2. The van der Waals surface area contributed by atoms with Gasteiger partial charge >= 0.3 is 24.4 Å². The first kappa shape index (κ1) is 52.1. The van der Waals surface area contributed by atoms with E-state index in [1.54, 1.807) is 42.5 Å². The van der Waals surface area contributed by atoms with Gasteiger partial charge in [0.25, 0.3) is 14.3 Å². The minimum Gasteiger partial charge on any atom is -0.434 e. The second-order valence-electron chi connectivity index (χ2n) is 14.4. The van der Waals surface area contributed by atoms with Gasteiger partial charge in [-0.15, -0.1) is 0 Å². The summed E-state index contributed by atoms with van der Waals surface area (Å²) < 4.78 is 102. The van der Waals surface area contributed by atoms with Crippen molar-refractivity contribution in [2.24, 2.45) is 0 Å². The predicted molar refractivity (Wildman–Crippen MR) is 258 cm³/mol. The van der Waals surface area contributed by atoms with Crippen LogP contribution in [-0.2, 0) is 12.4 Å². The molecule has 22 heteroatoms. The molecule has 14 nitrogen and oxygen atoms in total. The lowest BCUT2D eigenvalue weighted by molar-refractivity contribution is -0.138. The quantitative estimate of drug-likeness (QED) is 0.0609. The van der Waals surface area contributed by atoms with Crippen molar-refractivity contribution < 1.29 is 44.0 Å². The first-order valence-corrected chi connectivity index (χ1v) is 22.1. The summed E-state index contributed by atoms with van der Waals surface area (Å²) in [7, 11) is 0. The van der Waals surface area contributed by atoms with Crippen LogP contribution in [0.15, 0.2) is 115 Å². The Kier molecular flexibility index (Phi) is 16.4. The van der Waals surface area contributed by atoms with Crippen LogP contribution in [0.4, 0.5) is 26.3 Å². The van der Waals surface area contributed by atoms with Crippen LogP contribution < -0.4 is 0 Å². The molecular formula is C49H26F6I2N10O4. The summed E-state index contributed by atoms with van der Waals surface area (Å²) in [5.74, 6) is -1.34. The zero-order valence-corrected chi connectivity index (χ0v) is 40.5. The fraction of sp³-hybridized carbons (Fsp3) is 0.143. The predicted octanol–water partition coefficient (Wildman–Crippen LogP) is 14.6. The second-order valence-corrected chi connectivity index (χ2v) is 16.3. The van der Waals surface area contributed by atoms with Gasteiger partial charge in [0.05, 0.1) is 23.3 Å². The number of rotatable bonds is 8. The number of hydrogen-bond donors (Lipinski definition) is 0. The van der Waals surface area contributed by atoms with Gasteiger partial charge in [-0.2, -0.15) is 47.1 Å². The average Bonchev–Trinajstić information content (AvgIpc) is 4.16. The van der Waals surface area contributed by atoms with E-state index in [9.17, 15) is 36.9 Å². The van der Waals surface area contributed by atoms with Gasteiger partial charge in [0, 0.05) is 67.4 Å². The van der Waals surface area contributed by atoms with Crippen LogP contribution in [0.2, 0.25) is 0 Å². The number of hydrogen-bond acceptors (Lipinski definition) is 11. The van der Waals surface area contributed by atoms with Crippen molar-refractivity contribution in [1.82, 2.24) is 19.9 Å². The van der Waals surface area contributed by atoms with Crippen molar-refractivity contribution in [2.45, 2.75) is 38.3 Å². The Morgan fingerprint density at radius 2 is 0.845 bits per heavy atom. The molecule has 0 bridgehead atoms. The van der Waals surface area contributed by atoms with E-state index in [0.29, 0.717) is 41.8 Å². The maximum atomic E-state index is 13.1. The van der Waals surface area contributed by atoms with E-state index in [0.717, 1.165) is 41.0 Å². The maximum Gasteiger partial charge on any atom is 0.553 e. The molecule has 8 rings (SSSR count). The van der Waals surface area contributed by atoms with Crippen LogP contribution in [0.3, 0.4) is 0 Å². The number of oxazole rings is 4. The minimum atomic E-state index is -4.56. The van der Waals surface area contributed by atoms with Crippen molar-refractivity contribution in [3.05, 3.63) is 173 Å². The van der Waals surface area contributed by atoms with E-state index < -0.39 is 35.6 Å². The van der Waals surface area contributed by atoms with E-state index in [-0.39, 0.29) is 46.8 Å². The van der Waals surface area contributed by atoms with E-state index >= 15 is 0 Å². The third kappa shape index (κ3) is 12.3. The summed E-state index contributed by atoms with van der Waals surface area (Å²) in [6.45, 7) is 24.4. The zero-order chi connectivity index (χ0) is 51.6. The summed E-state index contributed by atoms with van der Waals surface area (Å²) in [5.41, 5.74) is 3.65. The highest BCUT2D eigenvalue weighted by Crippen LogP contribution is 2.43. The molecule has 4 aromatic heterocycles. The highest BCUT2D eigenvalue weighted by Gasteiger charge is 2.36. The first-order valence-electron chi connectivity index (χ1n) is 19.9. The van der Waals surface area contributed by atoms with Crippen LogP contribution in [0.25, 0.3) is 82.6 Å². The number of nitrogens with zero attached hydrogens (tertiary/aromatic N) is 10. The van der Waals surface area contributed by atoms with Crippen LogP contribution >= 0.6 is 45.2 Å². The molecule has 4 heterocycles. The molecule has 0 saturated carbocycles. The SMILES string of the molecule is Cc1ccc(-c2nc(I)oc2-c2oc(I)nc2-c2ccc(C(F)(F)F)cc2)cc1.[C-]#[N+]C([N+]#[C-])c1nc(-c2ccc(C(F)(F)F)cc2)c(-c2oc(C(C#N)C#N)nc2-c2ccc(C)cc2)o1.[C-]#[N+]CC#N. The molecule has 0 amide bonds. The number of benzene rings is 4. The van der Waals surface area contributed by atoms with E-state index in [2.05, 4.69) is 34.5 Å². The summed E-state index contributed by atoms with van der Waals surface area (Å²) in [6, 6.07) is 28.9. The van der Waals surface area contributed by atoms with Gasteiger partial charge in [-0.1, -0.05) is 83.9 Å². The third-order valence-electron chi connectivity index (χ3n) is 9.64. The molecule has 0 saturated heterocycles. The molecule has 0 spiro atoms. The smallest absolute Gasteiger partial charge is 0.434 e. The van der Waals surface area contributed by atoms with Crippen molar-refractivity contribution in [3.8, 4) is 86.3 Å². The van der Waals surface area contributed by atoms with E-state index in [1.807, 2.05) is 83.3 Å². The summed E-state index contributed by atoms with van der Waals surface area (Å²) in [6.07, 6.45) is -10.4. The Hall–Kier alpha value is -8.30. The van der Waals surface area contributed by atoms with Gasteiger partial charge < -0.3 is 22.5 Å². The van der Waals surface area contributed by atoms with Gasteiger partial charge in [0.1, 0.15) is 28.8 Å². The van der Waals surface area contributed by atoms with E-state index in [1.165, 1.54) is 24.3 Å². The van der Waals surface area contributed by atoms with Crippen molar-refractivity contribution in [3.63, 3.8) is 0 Å². The standard InChI is InChI=1S/C26H13F3N6O2.C20H11F3I2N2O2.C3H2N2/c1-14-4-6-15(7-5-14)19-21(36-24(34-19)17(12-30)13-31)22-20(35-25(37-22)23(32-2)33-3)16-8-10-18(11-9-16)26(27,28)29;1-10-2-4-11(5-3-10)14-16(28-18(24)26-14)17-15(27-19(25)29-17)12-6-8-13(9-7-12)20(21,22)23;1-5-3-2-4/h4-11,17,23H,1H3;2-9H,1H3;3H2. The molecule has 0 unspecified atom stereocenters. The normalized spacial score (nSPS) is 10.9. The molecule has 0 fully saturated rings. The molecule has 0 N–H and O–H groups in total. The van der Waals surface area contributed by atoms with Crippen molar-refractivity contribution in [2.75, 3.05) is 6.54 Å². The lowest BCUT2D eigenvalue weighted by Gasteiger charge is -2.07. The lowest BCUT2D eigenvalue weighted by atomic mass is 10.0. The molecule has 0 atom stereocenters. The molecule has 0 aliphatic carbocycles. The summed E-state index contributed by atoms with van der Waals surface area (Å²) in [4.78, 5) is 26.5. The summed E-state index contributed by atoms with van der Waals surface area (Å²) >= 11 is 3.88. The minimum absolute atomic E-state index is 0.00236. The van der Waals surface area contributed by atoms with Crippen LogP contribution in [0.5, 0.6) is 0 Å². The Bertz CT molecular complexity index is 3410. The van der Waals surface area contributed by atoms with Gasteiger partial charge in [-0.3, -0.25) is 0 Å². The Balaban J connectivity index is 0.000000217. The molecule has 4 aromatic carbocycles. The first-order chi connectivity index (χ1) is 33.8. The Morgan fingerprint density at radius 1 is 0.521 bits per heavy atom. The molecule has 8 aromatic rings. The van der Waals surface area contributed by atoms with Crippen LogP contribution in [0, 0.1) is 75.4 Å². The van der Waals surface area contributed by atoms with Gasteiger partial charge in [-0.25, -0.2) is 44.4 Å². The molecule has 0 aliphatic rings. The van der Waals surface area contributed by atoms with Gasteiger partial charge in [0.2, 0.25) is 29.1 Å². The molecule has 0 radical (unpaired) electrons. The zero-order valence-electron chi connectivity index (χ0n) is 36.2. The Labute approximate surface area is 426 Å². The number of nitriles is 3. The number of alkyl halides is 6. The highest BCUT2D eigenvalue weighted by atomic mass is 127. The van der Waals surface area contributed by atoms with Crippen LogP contribution in [0.1, 0.15) is 46.1 Å². The molecular weight excluding hydrogens is 1160 g/mol.